The average Bonchev–Trinajstić information content (AvgIpc) is 2.38. The van der Waals surface area contributed by atoms with Gasteiger partial charge in [-0.15, -0.1) is 0 Å². The van der Waals surface area contributed by atoms with Gasteiger partial charge < -0.3 is 11.1 Å². The fraction of sp³-hybridized carbons (Fsp3) is 0. The van der Waals surface area contributed by atoms with E-state index in [9.17, 15) is 4.79 Å². The van der Waals surface area contributed by atoms with E-state index in [1.165, 1.54) is 18.5 Å². The van der Waals surface area contributed by atoms with Crippen LogP contribution in [0.1, 0.15) is 10.4 Å². The van der Waals surface area contributed by atoms with Gasteiger partial charge in [0.15, 0.2) is 11.0 Å². The molecule has 3 N–H and O–H groups in total. The molecule has 0 saturated heterocycles. The molecule has 0 bridgehead atoms. The molecule has 8 heteroatoms. The predicted octanol–water partition coefficient (Wildman–Crippen LogP) is 3.27. The van der Waals surface area contributed by atoms with E-state index >= 15 is 0 Å². The SMILES string of the molecule is Nc1ccc(Cl)c(C(=O)Nc2ncnc(Cl)c2Cl)c1. The van der Waals surface area contributed by atoms with Crippen LogP contribution in [0.5, 0.6) is 0 Å². The summed E-state index contributed by atoms with van der Waals surface area (Å²) in [6.45, 7) is 0. The average molecular weight is 318 g/mol. The van der Waals surface area contributed by atoms with Gasteiger partial charge in [-0.05, 0) is 18.2 Å². The smallest absolute Gasteiger partial charge is 0.258 e. The number of benzene rings is 1. The minimum absolute atomic E-state index is 0.0469. The van der Waals surface area contributed by atoms with E-state index in [1.807, 2.05) is 0 Å². The van der Waals surface area contributed by atoms with Crippen molar-refractivity contribution < 1.29 is 4.79 Å². The first kappa shape index (κ1) is 13.9. The van der Waals surface area contributed by atoms with E-state index in [-0.39, 0.29) is 26.6 Å². The summed E-state index contributed by atoms with van der Waals surface area (Å²) in [6, 6.07) is 4.57. The van der Waals surface area contributed by atoms with Gasteiger partial charge in [0.1, 0.15) is 11.3 Å². The number of rotatable bonds is 2. The molecule has 0 saturated carbocycles. The summed E-state index contributed by atoms with van der Waals surface area (Å²) >= 11 is 17.5. The van der Waals surface area contributed by atoms with E-state index in [2.05, 4.69) is 15.3 Å². The van der Waals surface area contributed by atoms with Crippen molar-refractivity contribution in [2.45, 2.75) is 0 Å². The van der Waals surface area contributed by atoms with E-state index in [1.54, 1.807) is 6.07 Å². The Hall–Kier alpha value is -1.56. The van der Waals surface area contributed by atoms with Crippen LogP contribution in [0.25, 0.3) is 0 Å². The van der Waals surface area contributed by atoms with Crippen LogP contribution in [0.4, 0.5) is 11.5 Å². The number of hydrogen-bond donors (Lipinski definition) is 2. The van der Waals surface area contributed by atoms with E-state index < -0.39 is 5.91 Å². The van der Waals surface area contributed by atoms with Crippen LogP contribution in [-0.4, -0.2) is 15.9 Å². The highest BCUT2D eigenvalue weighted by atomic mass is 35.5. The molecule has 0 spiro atoms. The van der Waals surface area contributed by atoms with Crippen molar-refractivity contribution in [2.75, 3.05) is 11.1 Å². The summed E-state index contributed by atoms with van der Waals surface area (Å²) in [5.74, 6) is -0.390. The van der Waals surface area contributed by atoms with E-state index in [0.29, 0.717) is 5.69 Å². The van der Waals surface area contributed by atoms with Gasteiger partial charge in [0.2, 0.25) is 0 Å². The number of anilines is 2. The Labute approximate surface area is 123 Å². The highest BCUT2D eigenvalue weighted by molar-refractivity contribution is 6.43. The topological polar surface area (TPSA) is 80.9 Å². The number of nitrogens with two attached hydrogens (primary N) is 1. The molecule has 2 aromatic rings. The lowest BCUT2D eigenvalue weighted by molar-refractivity contribution is 0.102. The fourth-order valence-corrected chi connectivity index (χ4v) is 1.81. The molecule has 1 aromatic carbocycles. The van der Waals surface area contributed by atoms with Crippen molar-refractivity contribution in [3.05, 3.63) is 45.3 Å². The summed E-state index contributed by atoms with van der Waals surface area (Å²) in [7, 11) is 0. The highest BCUT2D eigenvalue weighted by Crippen LogP contribution is 2.26. The quantitative estimate of drug-likeness (QED) is 0.658. The lowest BCUT2D eigenvalue weighted by Gasteiger charge is -2.08. The lowest BCUT2D eigenvalue weighted by Crippen LogP contribution is -2.14. The molecule has 1 aromatic heterocycles. The molecule has 1 amide bonds. The van der Waals surface area contributed by atoms with E-state index in [0.717, 1.165) is 0 Å². The summed E-state index contributed by atoms with van der Waals surface area (Å²) in [5.41, 5.74) is 6.23. The van der Waals surface area contributed by atoms with Crippen molar-refractivity contribution in [2.24, 2.45) is 0 Å². The molecule has 1 heterocycles. The minimum atomic E-state index is -0.492. The standard InChI is InChI=1S/C11H7Cl3N4O/c12-7-2-1-5(15)3-6(7)11(19)18-10-8(13)9(14)16-4-17-10/h1-4H,15H2,(H,16,17,18,19). The monoisotopic (exact) mass is 316 g/mol. The van der Waals surface area contributed by atoms with Gasteiger partial charge in [0.05, 0.1) is 10.6 Å². The van der Waals surface area contributed by atoms with Crippen LogP contribution in [0.2, 0.25) is 15.2 Å². The Morgan fingerprint density at radius 2 is 1.95 bits per heavy atom. The molecule has 0 aliphatic heterocycles. The first-order valence-electron chi connectivity index (χ1n) is 5.01. The maximum Gasteiger partial charge on any atom is 0.258 e. The molecule has 0 atom stereocenters. The normalized spacial score (nSPS) is 10.3. The Bertz CT molecular complexity index is 648. The number of aromatic nitrogens is 2. The number of amides is 1. The van der Waals surface area contributed by atoms with Gasteiger partial charge >= 0.3 is 0 Å². The molecule has 0 fully saturated rings. The molecule has 0 aliphatic carbocycles. The zero-order valence-electron chi connectivity index (χ0n) is 9.32. The second-order valence-corrected chi connectivity index (χ2v) is 4.66. The van der Waals surface area contributed by atoms with Gasteiger partial charge in [-0.2, -0.15) is 0 Å². The molecule has 19 heavy (non-hydrogen) atoms. The fourth-order valence-electron chi connectivity index (χ4n) is 1.33. The van der Waals surface area contributed by atoms with Gasteiger partial charge in [0, 0.05) is 5.69 Å². The lowest BCUT2D eigenvalue weighted by atomic mass is 10.2. The third-order valence-corrected chi connectivity index (χ3v) is 3.28. The Balaban J connectivity index is 2.31. The van der Waals surface area contributed by atoms with Crippen LogP contribution in [0.3, 0.4) is 0 Å². The van der Waals surface area contributed by atoms with Crippen LogP contribution >= 0.6 is 34.8 Å². The van der Waals surface area contributed by atoms with E-state index in [4.69, 9.17) is 40.5 Å². The number of nitrogens with one attached hydrogen (secondary N) is 1. The third-order valence-electron chi connectivity index (χ3n) is 2.21. The number of hydrogen-bond acceptors (Lipinski definition) is 4. The molecule has 0 aliphatic rings. The van der Waals surface area contributed by atoms with Crippen molar-refractivity contribution in [3.63, 3.8) is 0 Å². The molecule has 0 radical (unpaired) electrons. The summed E-state index contributed by atoms with van der Waals surface area (Å²) in [6.07, 6.45) is 1.19. The zero-order valence-corrected chi connectivity index (χ0v) is 11.6. The third kappa shape index (κ3) is 3.07. The highest BCUT2D eigenvalue weighted by Gasteiger charge is 2.15. The second-order valence-electron chi connectivity index (χ2n) is 3.52. The molecule has 0 unspecified atom stereocenters. The summed E-state index contributed by atoms with van der Waals surface area (Å²) < 4.78 is 0. The minimum Gasteiger partial charge on any atom is -0.399 e. The largest absolute Gasteiger partial charge is 0.399 e. The zero-order chi connectivity index (χ0) is 14.0. The maximum atomic E-state index is 12.0. The predicted molar refractivity (Wildman–Crippen MR) is 75.9 cm³/mol. The van der Waals surface area contributed by atoms with Crippen LogP contribution in [0.15, 0.2) is 24.5 Å². The number of nitrogen functional groups attached to an aromatic ring is 1. The van der Waals surface area contributed by atoms with Crippen molar-refractivity contribution in [3.8, 4) is 0 Å². The Morgan fingerprint density at radius 3 is 2.68 bits per heavy atom. The van der Waals surface area contributed by atoms with Crippen molar-refractivity contribution >= 4 is 52.2 Å². The number of halogens is 3. The molecule has 98 valence electrons. The van der Waals surface area contributed by atoms with Gasteiger partial charge in [-0.1, -0.05) is 34.8 Å². The summed E-state index contributed by atoms with van der Waals surface area (Å²) in [5, 5.41) is 2.86. The van der Waals surface area contributed by atoms with Crippen LogP contribution < -0.4 is 11.1 Å². The van der Waals surface area contributed by atoms with Gasteiger partial charge in [-0.3, -0.25) is 4.79 Å². The van der Waals surface area contributed by atoms with Gasteiger partial charge in [-0.25, -0.2) is 9.97 Å². The van der Waals surface area contributed by atoms with Gasteiger partial charge in [0.25, 0.3) is 5.91 Å². The molecule has 5 nitrogen and oxygen atoms in total. The Morgan fingerprint density at radius 1 is 1.21 bits per heavy atom. The number of carbonyl (C=O) groups excluding carboxylic acids is 1. The first-order chi connectivity index (χ1) is 8.99. The van der Waals surface area contributed by atoms with Crippen molar-refractivity contribution in [1.29, 1.82) is 0 Å². The molecule has 2 rings (SSSR count). The summed E-state index contributed by atoms with van der Waals surface area (Å²) in [4.78, 5) is 19.5. The Kier molecular flexibility index (Phi) is 4.09. The number of carbonyl (C=O) groups is 1. The maximum absolute atomic E-state index is 12.0. The van der Waals surface area contributed by atoms with Crippen LogP contribution in [0, 0.1) is 0 Å². The first-order valence-corrected chi connectivity index (χ1v) is 6.15. The van der Waals surface area contributed by atoms with Crippen LogP contribution in [-0.2, 0) is 0 Å². The molecular weight excluding hydrogens is 311 g/mol. The molecular formula is C11H7Cl3N4O. The van der Waals surface area contributed by atoms with Crippen molar-refractivity contribution in [1.82, 2.24) is 9.97 Å². The number of nitrogens with zero attached hydrogens (tertiary/aromatic N) is 2. The second kappa shape index (κ2) is 5.61.